The molecule has 1 aromatic carbocycles. The minimum atomic E-state index is 0.496. The van der Waals surface area contributed by atoms with Crippen LogP contribution >= 0.6 is 15.9 Å². The molecular formula is C17H22BrNO2. The second-order valence-corrected chi connectivity index (χ2v) is 6.56. The van der Waals surface area contributed by atoms with Gasteiger partial charge in [0, 0.05) is 23.4 Å². The molecule has 1 fully saturated rings. The lowest BCUT2D eigenvalue weighted by Crippen LogP contribution is -2.18. The van der Waals surface area contributed by atoms with Crippen molar-refractivity contribution in [3.63, 3.8) is 0 Å². The molecule has 114 valence electrons. The minimum absolute atomic E-state index is 0.496. The summed E-state index contributed by atoms with van der Waals surface area (Å²) in [5, 5.41) is 0. The molecular weight excluding hydrogens is 330 g/mol. The van der Waals surface area contributed by atoms with Gasteiger partial charge in [0.2, 0.25) is 0 Å². The molecule has 0 N–H and O–H groups in total. The Hall–Kier alpha value is -1.03. The van der Waals surface area contributed by atoms with Gasteiger partial charge in [-0.3, -0.25) is 4.99 Å². The number of hydrogen-bond acceptors (Lipinski definition) is 3. The highest BCUT2D eigenvalue weighted by atomic mass is 79.9. The molecule has 0 amide bonds. The van der Waals surface area contributed by atoms with Gasteiger partial charge >= 0.3 is 0 Å². The van der Waals surface area contributed by atoms with Crippen molar-refractivity contribution in [3.8, 4) is 11.5 Å². The van der Waals surface area contributed by atoms with Gasteiger partial charge < -0.3 is 9.47 Å². The van der Waals surface area contributed by atoms with Crippen molar-refractivity contribution in [1.82, 2.24) is 0 Å². The largest absolute Gasteiger partial charge is 0.486 e. The highest BCUT2D eigenvalue weighted by Crippen LogP contribution is 2.42. The average molecular weight is 352 g/mol. The van der Waals surface area contributed by atoms with Crippen molar-refractivity contribution in [3.05, 3.63) is 21.7 Å². The summed E-state index contributed by atoms with van der Waals surface area (Å²) in [4.78, 5) is 4.81. The first-order valence-electron chi connectivity index (χ1n) is 7.93. The van der Waals surface area contributed by atoms with Crippen LogP contribution in [0.1, 0.15) is 50.2 Å². The third kappa shape index (κ3) is 3.25. The van der Waals surface area contributed by atoms with Gasteiger partial charge in [0.1, 0.15) is 13.2 Å². The van der Waals surface area contributed by atoms with Crippen LogP contribution in [0.3, 0.4) is 0 Å². The molecule has 1 aliphatic heterocycles. The van der Waals surface area contributed by atoms with E-state index < -0.39 is 0 Å². The lowest BCUT2D eigenvalue weighted by molar-refractivity contribution is 0.169. The Morgan fingerprint density at radius 3 is 2.62 bits per heavy atom. The van der Waals surface area contributed by atoms with Crippen LogP contribution in [0, 0.1) is 0 Å². The summed E-state index contributed by atoms with van der Waals surface area (Å²) >= 11 is 3.60. The molecule has 0 saturated heterocycles. The Labute approximate surface area is 134 Å². The van der Waals surface area contributed by atoms with Crippen LogP contribution in [0.5, 0.6) is 11.5 Å². The van der Waals surface area contributed by atoms with Crippen molar-refractivity contribution in [2.24, 2.45) is 4.99 Å². The fourth-order valence-electron chi connectivity index (χ4n) is 3.14. The molecule has 21 heavy (non-hydrogen) atoms. The molecule has 0 atom stereocenters. The fourth-order valence-corrected chi connectivity index (χ4v) is 3.68. The first-order valence-corrected chi connectivity index (χ1v) is 8.73. The maximum Gasteiger partial charge on any atom is 0.175 e. The molecule has 4 heteroatoms. The summed E-state index contributed by atoms with van der Waals surface area (Å²) in [5.41, 5.74) is 2.35. The van der Waals surface area contributed by atoms with E-state index in [-0.39, 0.29) is 0 Å². The molecule has 0 unspecified atom stereocenters. The third-order valence-electron chi connectivity index (χ3n) is 4.26. The van der Waals surface area contributed by atoms with Crippen LogP contribution in [0.4, 0.5) is 0 Å². The Kier molecular flexibility index (Phi) is 4.84. The molecule has 1 aliphatic carbocycles. The van der Waals surface area contributed by atoms with Crippen LogP contribution in [-0.4, -0.2) is 25.5 Å². The van der Waals surface area contributed by atoms with E-state index in [1.54, 1.807) is 0 Å². The van der Waals surface area contributed by atoms with Crippen LogP contribution < -0.4 is 9.47 Å². The van der Waals surface area contributed by atoms with Gasteiger partial charge in [-0.15, -0.1) is 0 Å². The first kappa shape index (κ1) is 14.9. The molecule has 0 bridgehead atoms. The summed E-state index contributed by atoms with van der Waals surface area (Å²) in [6.45, 7) is 3.39. The summed E-state index contributed by atoms with van der Waals surface area (Å²) in [7, 11) is 0. The van der Waals surface area contributed by atoms with Gasteiger partial charge in [-0.1, -0.05) is 26.2 Å². The smallest absolute Gasteiger partial charge is 0.175 e. The van der Waals surface area contributed by atoms with Crippen molar-refractivity contribution < 1.29 is 9.47 Å². The van der Waals surface area contributed by atoms with Gasteiger partial charge in [-0.2, -0.15) is 0 Å². The van der Waals surface area contributed by atoms with Crippen molar-refractivity contribution in [1.29, 1.82) is 0 Å². The highest BCUT2D eigenvalue weighted by molar-refractivity contribution is 9.10. The molecule has 1 aromatic rings. The summed E-state index contributed by atoms with van der Waals surface area (Å²) < 4.78 is 12.5. The van der Waals surface area contributed by atoms with E-state index >= 15 is 0 Å². The standard InChI is InChI=1S/C17H22BrNO2/c1-2-14-12(11-19-13-6-4-3-5-7-13)10-15(18)17-16(14)20-8-9-21-17/h10-11,13H,2-9H2,1H3/b19-11+. The van der Waals surface area contributed by atoms with Gasteiger partial charge in [-0.05, 0) is 41.3 Å². The SMILES string of the molecule is CCc1c(/C=N/C2CCCCC2)cc(Br)c2c1OCCO2. The number of fused-ring (bicyclic) bond motifs is 1. The van der Waals surface area contributed by atoms with E-state index in [0.29, 0.717) is 19.3 Å². The van der Waals surface area contributed by atoms with Crippen molar-refractivity contribution in [2.75, 3.05) is 13.2 Å². The topological polar surface area (TPSA) is 30.8 Å². The molecule has 2 aliphatic rings. The van der Waals surface area contributed by atoms with Crippen LogP contribution in [0.25, 0.3) is 0 Å². The van der Waals surface area contributed by atoms with E-state index in [1.165, 1.54) is 37.7 Å². The zero-order valence-corrected chi connectivity index (χ0v) is 14.1. The first-order chi connectivity index (χ1) is 10.3. The zero-order chi connectivity index (χ0) is 14.7. The summed E-state index contributed by atoms with van der Waals surface area (Å²) in [6.07, 6.45) is 9.40. The number of nitrogens with zero attached hydrogens (tertiary/aromatic N) is 1. The van der Waals surface area contributed by atoms with E-state index in [4.69, 9.17) is 14.5 Å². The van der Waals surface area contributed by atoms with E-state index in [9.17, 15) is 0 Å². The number of hydrogen-bond donors (Lipinski definition) is 0. The zero-order valence-electron chi connectivity index (χ0n) is 12.5. The predicted octanol–water partition coefficient (Wildman–Crippen LogP) is 4.53. The lowest BCUT2D eigenvalue weighted by Gasteiger charge is -2.23. The van der Waals surface area contributed by atoms with Crippen molar-refractivity contribution >= 4 is 22.1 Å². The molecule has 1 saturated carbocycles. The van der Waals surface area contributed by atoms with Gasteiger partial charge in [0.25, 0.3) is 0 Å². The second-order valence-electron chi connectivity index (χ2n) is 5.70. The summed E-state index contributed by atoms with van der Waals surface area (Å²) in [6, 6.07) is 2.61. The van der Waals surface area contributed by atoms with Crippen LogP contribution in [0.2, 0.25) is 0 Å². The monoisotopic (exact) mass is 351 g/mol. The number of halogens is 1. The Morgan fingerprint density at radius 1 is 1.19 bits per heavy atom. The summed E-state index contributed by atoms with van der Waals surface area (Å²) in [5.74, 6) is 1.73. The van der Waals surface area contributed by atoms with Crippen LogP contribution in [-0.2, 0) is 6.42 Å². The maximum atomic E-state index is 5.84. The molecule has 0 radical (unpaired) electrons. The van der Waals surface area contributed by atoms with Gasteiger partial charge in [-0.25, -0.2) is 0 Å². The fraction of sp³-hybridized carbons (Fsp3) is 0.588. The van der Waals surface area contributed by atoms with E-state index in [0.717, 1.165) is 28.0 Å². The van der Waals surface area contributed by atoms with E-state index in [2.05, 4.69) is 28.9 Å². The van der Waals surface area contributed by atoms with Crippen molar-refractivity contribution in [2.45, 2.75) is 51.5 Å². The van der Waals surface area contributed by atoms with Crippen LogP contribution in [0.15, 0.2) is 15.5 Å². The average Bonchev–Trinajstić information content (AvgIpc) is 2.54. The number of aliphatic imine (C=N–C) groups is 1. The maximum absolute atomic E-state index is 5.84. The third-order valence-corrected chi connectivity index (χ3v) is 4.85. The molecule has 3 nitrogen and oxygen atoms in total. The Balaban J connectivity index is 1.90. The molecule has 0 spiro atoms. The Morgan fingerprint density at radius 2 is 1.90 bits per heavy atom. The normalized spacial score (nSPS) is 19.1. The lowest BCUT2D eigenvalue weighted by atomic mass is 9.96. The van der Waals surface area contributed by atoms with E-state index in [1.807, 2.05) is 6.21 Å². The van der Waals surface area contributed by atoms with Gasteiger partial charge in [0.15, 0.2) is 11.5 Å². The second kappa shape index (κ2) is 6.82. The number of benzene rings is 1. The van der Waals surface area contributed by atoms with Gasteiger partial charge in [0.05, 0.1) is 4.47 Å². The molecule has 3 rings (SSSR count). The molecule has 1 heterocycles. The Bertz CT molecular complexity index is 536. The quantitative estimate of drug-likeness (QED) is 0.748. The highest BCUT2D eigenvalue weighted by Gasteiger charge is 2.21. The number of ether oxygens (including phenoxy) is 2. The minimum Gasteiger partial charge on any atom is -0.486 e. The number of rotatable bonds is 3. The predicted molar refractivity (Wildman–Crippen MR) is 89.0 cm³/mol. The molecule has 0 aromatic heterocycles.